The van der Waals surface area contributed by atoms with Gasteiger partial charge < -0.3 is 21.1 Å². The second-order valence-corrected chi connectivity index (χ2v) is 11.2. The lowest BCUT2D eigenvalue weighted by Crippen LogP contribution is -2.46. The highest BCUT2D eigenvalue weighted by Gasteiger charge is 2.34. The van der Waals surface area contributed by atoms with E-state index in [1.54, 1.807) is 40.8 Å². The second kappa shape index (κ2) is 12.1. The molecule has 1 atom stereocenters. The highest BCUT2D eigenvalue weighted by atomic mass is 16.6. The lowest BCUT2D eigenvalue weighted by Gasteiger charge is -2.27. The molecule has 2 amide bonds. The maximum atomic E-state index is 13.4. The highest BCUT2D eigenvalue weighted by Crippen LogP contribution is 2.24. The van der Waals surface area contributed by atoms with Crippen LogP contribution < -0.4 is 16.4 Å². The molecule has 2 aromatic carbocycles. The third-order valence-corrected chi connectivity index (χ3v) is 6.19. The minimum absolute atomic E-state index is 0.0337. The van der Waals surface area contributed by atoms with Gasteiger partial charge in [-0.3, -0.25) is 9.59 Å². The molecule has 1 heterocycles. The molecule has 0 saturated carbocycles. The van der Waals surface area contributed by atoms with Gasteiger partial charge in [-0.25, -0.2) is 9.78 Å². The van der Waals surface area contributed by atoms with Crippen molar-refractivity contribution in [2.24, 2.45) is 5.41 Å². The summed E-state index contributed by atoms with van der Waals surface area (Å²) in [5.74, 6) is -0.0144. The Hall–Kier alpha value is -3.94. The minimum atomic E-state index is -0.983. The molecule has 0 aliphatic carbocycles. The van der Waals surface area contributed by atoms with Gasteiger partial charge in [0.2, 0.25) is 5.91 Å². The first kappa shape index (κ1) is 28.6. The number of aryl methyl sites for hydroxylation is 1. The first-order valence-corrected chi connectivity index (χ1v) is 12.8. The molecular formula is C30H38N4O4. The third kappa shape index (κ3) is 8.30. The number of aromatic nitrogens is 1. The van der Waals surface area contributed by atoms with E-state index in [1.807, 2.05) is 54.6 Å². The summed E-state index contributed by atoms with van der Waals surface area (Å²) in [6.07, 6.45) is 1.96. The maximum absolute atomic E-state index is 13.4. The van der Waals surface area contributed by atoms with Gasteiger partial charge in [-0.2, -0.15) is 0 Å². The summed E-state index contributed by atoms with van der Waals surface area (Å²) in [6, 6.07) is 16.6. The predicted molar refractivity (Wildman–Crippen MR) is 149 cm³/mol. The summed E-state index contributed by atoms with van der Waals surface area (Å²) < 4.78 is 5.38. The smallest absolute Gasteiger partial charge is 0.408 e. The van der Waals surface area contributed by atoms with Crippen molar-refractivity contribution in [1.29, 1.82) is 0 Å². The fraction of sp³-hybridized carbons (Fsp3) is 0.400. The van der Waals surface area contributed by atoms with Crippen molar-refractivity contribution in [2.75, 3.05) is 5.73 Å². The van der Waals surface area contributed by atoms with Crippen LogP contribution in [0.25, 0.3) is 10.8 Å². The Kier molecular flexibility index (Phi) is 9.09. The maximum Gasteiger partial charge on any atom is 0.408 e. The number of nitrogens with two attached hydrogens (primary N) is 1. The van der Waals surface area contributed by atoms with E-state index in [-0.39, 0.29) is 18.1 Å². The van der Waals surface area contributed by atoms with Crippen LogP contribution in [0.15, 0.2) is 60.8 Å². The SMILES string of the molecule is CC(C)(C)OC(=O)N[C@H](CCc1ccccc1)C(=O)CC(C)(C)C(=O)NCc1ccc2c(N)nccc2c1. The lowest BCUT2D eigenvalue weighted by molar-refractivity contribution is -0.134. The zero-order valence-corrected chi connectivity index (χ0v) is 22.8. The number of Topliss-reactive ketones (excluding diaryl/α,β-unsaturated/α-hetero) is 1. The minimum Gasteiger partial charge on any atom is -0.444 e. The molecule has 1 aromatic heterocycles. The van der Waals surface area contributed by atoms with Crippen molar-refractivity contribution < 1.29 is 19.1 Å². The topological polar surface area (TPSA) is 123 Å². The molecule has 3 aromatic rings. The van der Waals surface area contributed by atoms with Gasteiger partial charge in [0.05, 0.1) is 11.5 Å². The standard InChI is InChI=1S/C30H38N4O4/c1-29(2,3)38-28(37)34-24(14-12-20-9-7-6-8-10-20)25(35)18-30(4,5)27(36)33-19-21-11-13-23-22(17-21)15-16-32-26(23)31/h6-11,13,15-17,24H,12,14,18-19H2,1-5H3,(H2,31,32)(H,33,36)(H,34,37)/t24-/m1/s1. The first-order valence-electron chi connectivity index (χ1n) is 12.8. The van der Waals surface area contributed by atoms with Crippen LogP contribution in [0.1, 0.15) is 58.6 Å². The number of alkyl carbamates (subject to hydrolysis) is 1. The average Bonchev–Trinajstić information content (AvgIpc) is 2.84. The molecular weight excluding hydrogens is 480 g/mol. The first-order chi connectivity index (χ1) is 17.8. The Morgan fingerprint density at radius 3 is 2.37 bits per heavy atom. The van der Waals surface area contributed by atoms with Crippen LogP contribution in [0.2, 0.25) is 0 Å². The summed E-state index contributed by atoms with van der Waals surface area (Å²) in [6.45, 7) is 9.07. The Morgan fingerprint density at radius 2 is 1.68 bits per heavy atom. The number of benzene rings is 2. The van der Waals surface area contributed by atoms with Crippen LogP contribution in [0.3, 0.4) is 0 Å². The van der Waals surface area contributed by atoms with Crippen LogP contribution in [0.5, 0.6) is 0 Å². The van der Waals surface area contributed by atoms with Gasteiger partial charge in [0.1, 0.15) is 11.4 Å². The number of nitrogens with zero attached hydrogens (tertiary/aromatic N) is 1. The summed E-state index contributed by atoms with van der Waals surface area (Å²) in [4.78, 5) is 43.0. The van der Waals surface area contributed by atoms with Crippen molar-refractivity contribution in [3.05, 3.63) is 71.9 Å². The van der Waals surface area contributed by atoms with Crippen LogP contribution in [-0.2, 0) is 27.3 Å². The fourth-order valence-electron chi connectivity index (χ4n) is 4.14. The quantitative estimate of drug-likeness (QED) is 0.349. The molecule has 0 aliphatic rings. The van der Waals surface area contributed by atoms with E-state index in [4.69, 9.17) is 10.5 Å². The van der Waals surface area contributed by atoms with Crippen LogP contribution in [0.4, 0.5) is 10.6 Å². The summed E-state index contributed by atoms with van der Waals surface area (Å²) in [5, 5.41) is 7.46. The molecule has 38 heavy (non-hydrogen) atoms. The number of nitrogens with one attached hydrogen (secondary N) is 2. The lowest BCUT2D eigenvalue weighted by atomic mass is 9.83. The van der Waals surface area contributed by atoms with Gasteiger partial charge in [0.25, 0.3) is 0 Å². The number of nitrogen functional groups attached to an aromatic ring is 1. The van der Waals surface area contributed by atoms with E-state index in [2.05, 4.69) is 15.6 Å². The molecule has 0 fully saturated rings. The number of rotatable bonds is 10. The van der Waals surface area contributed by atoms with Crippen molar-refractivity contribution in [1.82, 2.24) is 15.6 Å². The molecule has 202 valence electrons. The van der Waals surface area contributed by atoms with Crippen molar-refractivity contribution >= 4 is 34.4 Å². The summed E-state index contributed by atoms with van der Waals surface area (Å²) in [7, 11) is 0. The Bertz CT molecular complexity index is 1280. The molecule has 0 radical (unpaired) electrons. The van der Waals surface area contributed by atoms with E-state index in [1.165, 1.54) is 0 Å². The van der Waals surface area contributed by atoms with Gasteiger partial charge >= 0.3 is 6.09 Å². The number of anilines is 1. The molecule has 8 heteroatoms. The largest absolute Gasteiger partial charge is 0.444 e. The van der Waals surface area contributed by atoms with Gasteiger partial charge in [-0.15, -0.1) is 0 Å². The molecule has 3 rings (SSSR count). The van der Waals surface area contributed by atoms with Crippen molar-refractivity contribution in [3.8, 4) is 0 Å². The molecule has 0 unspecified atom stereocenters. The van der Waals surface area contributed by atoms with E-state index < -0.39 is 23.2 Å². The van der Waals surface area contributed by atoms with E-state index in [9.17, 15) is 14.4 Å². The van der Waals surface area contributed by atoms with Gasteiger partial charge in [0.15, 0.2) is 5.78 Å². The van der Waals surface area contributed by atoms with Gasteiger partial charge in [-0.1, -0.05) is 56.3 Å². The second-order valence-electron chi connectivity index (χ2n) is 11.2. The molecule has 0 spiro atoms. The van der Waals surface area contributed by atoms with E-state index in [0.29, 0.717) is 25.2 Å². The zero-order valence-electron chi connectivity index (χ0n) is 22.8. The molecule has 0 bridgehead atoms. The fourth-order valence-corrected chi connectivity index (χ4v) is 4.14. The van der Waals surface area contributed by atoms with Crippen molar-refractivity contribution in [3.63, 3.8) is 0 Å². The highest BCUT2D eigenvalue weighted by molar-refractivity contribution is 5.93. The number of carbonyl (C=O) groups excluding carboxylic acids is 3. The van der Waals surface area contributed by atoms with Crippen LogP contribution >= 0.6 is 0 Å². The third-order valence-electron chi connectivity index (χ3n) is 6.19. The molecule has 0 aliphatic heterocycles. The molecule has 8 nitrogen and oxygen atoms in total. The van der Waals surface area contributed by atoms with Crippen molar-refractivity contribution in [2.45, 2.75) is 72.1 Å². The Labute approximate surface area is 224 Å². The Morgan fingerprint density at radius 1 is 0.974 bits per heavy atom. The molecule has 0 saturated heterocycles. The molecule has 4 N–H and O–H groups in total. The van der Waals surface area contributed by atoms with Gasteiger partial charge in [0, 0.05) is 24.5 Å². The average molecular weight is 519 g/mol. The number of pyridine rings is 1. The number of hydrogen-bond donors (Lipinski definition) is 3. The summed E-state index contributed by atoms with van der Waals surface area (Å²) in [5.41, 5.74) is 6.21. The monoisotopic (exact) mass is 518 g/mol. The predicted octanol–water partition coefficient (Wildman–Crippen LogP) is 4.94. The number of ketones is 1. The van der Waals surface area contributed by atoms with Gasteiger partial charge in [-0.05, 0) is 62.3 Å². The normalized spacial score (nSPS) is 12.6. The summed E-state index contributed by atoms with van der Waals surface area (Å²) >= 11 is 0. The number of amides is 2. The van der Waals surface area contributed by atoms with E-state index >= 15 is 0 Å². The van der Waals surface area contributed by atoms with Crippen LogP contribution in [0, 0.1) is 5.41 Å². The number of carbonyl (C=O) groups is 3. The van der Waals surface area contributed by atoms with Crippen LogP contribution in [-0.4, -0.2) is 34.4 Å². The van der Waals surface area contributed by atoms with E-state index in [0.717, 1.165) is 21.9 Å². The number of ether oxygens (including phenoxy) is 1. The number of hydrogen-bond acceptors (Lipinski definition) is 6. The Balaban J connectivity index is 1.65. The number of fused-ring (bicyclic) bond motifs is 1. The zero-order chi connectivity index (χ0) is 27.9.